The molecule has 20 heavy (non-hydrogen) atoms. The number of hydrogen-bond acceptors (Lipinski definition) is 5. The molecule has 1 aromatic heterocycles. The van der Waals surface area contributed by atoms with Crippen LogP contribution in [-0.2, 0) is 0 Å². The van der Waals surface area contributed by atoms with Gasteiger partial charge in [-0.05, 0) is 43.6 Å². The number of nitrogens with zero attached hydrogens (tertiary/aromatic N) is 2. The summed E-state index contributed by atoms with van der Waals surface area (Å²) >= 11 is 0. The van der Waals surface area contributed by atoms with Crippen LogP contribution in [-0.4, -0.2) is 15.9 Å². The molecular formula is C14H15N3O3. The molecular weight excluding hydrogens is 258 g/mol. The number of nitro benzene ring substituents is 1. The minimum Gasteiger partial charge on any atom is -0.424 e. The zero-order chi connectivity index (χ0) is 13.7. The summed E-state index contributed by atoms with van der Waals surface area (Å²) in [5.41, 5.74) is 1.16. The van der Waals surface area contributed by atoms with Crippen LogP contribution in [0.4, 0.5) is 11.7 Å². The van der Waals surface area contributed by atoms with Gasteiger partial charge in [0, 0.05) is 18.2 Å². The summed E-state index contributed by atoms with van der Waals surface area (Å²) in [6.07, 6.45) is 5.11. The maximum atomic E-state index is 10.8. The molecule has 0 amide bonds. The minimum absolute atomic E-state index is 0.0401. The fraction of sp³-hybridized carbons (Fsp3) is 0.500. The van der Waals surface area contributed by atoms with E-state index in [2.05, 4.69) is 10.3 Å². The predicted molar refractivity (Wildman–Crippen MR) is 73.5 cm³/mol. The molecule has 1 aromatic carbocycles. The van der Waals surface area contributed by atoms with Crippen molar-refractivity contribution in [3.8, 4) is 0 Å². The van der Waals surface area contributed by atoms with Crippen molar-refractivity contribution in [2.45, 2.75) is 31.7 Å². The molecule has 1 N–H and O–H groups in total. The monoisotopic (exact) mass is 273 g/mol. The van der Waals surface area contributed by atoms with Gasteiger partial charge in [-0.3, -0.25) is 10.1 Å². The summed E-state index contributed by atoms with van der Waals surface area (Å²) in [5.74, 6) is 1.48. The molecule has 1 heterocycles. The smallest absolute Gasteiger partial charge is 0.295 e. The van der Waals surface area contributed by atoms with E-state index in [0.29, 0.717) is 23.2 Å². The van der Waals surface area contributed by atoms with Crippen LogP contribution in [0, 0.1) is 22.0 Å². The Morgan fingerprint density at radius 1 is 1.30 bits per heavy atom. The van der Waals surface area contributed by atoms with E-state index in [1.165, 1.54) is 37.8 Å². The van der Waals surface area contributed by atoms with E-state index in [1.54, 1.807) is 6.07 Å². The Labute approximate surface area is 115 Å². The molecule has 0 saturated heterocycles. The number of benzene rings is 1. The Bertz CT molecular complexity index is 661. The van der Waals surface area contributed by atoms with Gasteiger partial charge in [0.25, 0.3) is 11.7 Å². The lowest BCUT2D eigenvalue weighted by Gasteiger charge is -2.15. The zero-order valence-corrected chi connectivity index (χ0v) is 10.9. The van der Waals surface area contributed by atoms with Crippen LogP contribution in [0.3, 0.4) is 0 Å². The molecule has 2 saturated carbocycles. The summed E-state index contributed by atoms with van der Waals surface area (Å²) in [6.45, 7) is 0. The third-order valence-corrected chi connectivity index (χ3v) is 4.13. The number of fused-ring (bicyclic) bond motifs is 1. The molecule has 2 fully saturated rings. The van der Waals surface area contributed by atoms with E-state index >= 15 is 0 Å². The number of anilines is 1. The number of aromatic nitrogens is 1. The number of nitro groups is 1. The number of hydrogen-bond donors (Lipinski definition) is 1. The van der Waals surface area contributed by atoms with Crippen molar-refractivity contribution >= 4 is 22.8 Å². The van der Waals surface area contributed by atoms with Gasteiger partial charge >= 0.3 is 0 Å². The maximum absolute atomic E-state index is 10.8. The highest BCUT2D eigenvalue weighted by Crippen LogP contribution is 2.45. The number of nitrogens with one attached hydrogen (secondary N) is 1. The van der Waals surface area contributed by atoms with Crippen LogP contribution in [0.2, 0.25) is 0 Å². The van der Waals surface area contributed by atoms with Crippen molar-refractivity contribution in [1.82, 2.24) is 4.98 Å². The Balaban J connectivity index is 1.61. The van der Waals surface area contributed by atoms with Crippen molar-refractivity contribution in [3.63, 3.8) is 0 Å². The van der Waals surface area contributed by atoms with Crippen LogP contribution in [0.15, 0.2) is 22.6 Å². The van der Waals surface area contributed by atoms with E-state index in [-0.39, 0.29) is 5.69 Å². The lowest BCUT2D eigenvalue weighted by atomic mass is 10.1. The minimum atomic E-state index is -0.418. The van der Waals surface area contributed by atoms with E-state index in [9.17, 15) is 10.1 Å². The summed E-state index contributed by atoms with van der Waals surface area (Å²) in [5, 5.41) is 14.1. The molecule has 0 unspecified atom stereocenters. The highest BCUT2D eigenvalue weighted by molar-refractivity contribution is 5.77. The number of oxazole rings is 1. The first-order valence-electron chi connectivity index (χ1n) is 7.02. The maximum Gasteiger partial charge on any atom is 0.295 e. The largest absolute Gasteiger partial charge is 0.424 e. The molecule has 0 aliphatic heterocycles. The fourth-order valence-corrected chi connectivity index (χ4v) is 2.76. The van der Waals surface area contributed by atoms with Gasteiger partial charge in [-0.15, -0.1) is 0 Å². The molecule has 0 radical (unpaired) electrons. The van der Waals surface area contributed by atoms with Crippen molar-refractivity contribution in [2.75, 3.05) is 5.32 Å². The van der Waals surface area contributed by atoms with Crippen LogP contribution in [0.1, 0.15) is 25.7 Å². The normalized spacial score (nSPS) is 18.6. The topological polar surface area (TPSA) is 81.2 Å². The molecule has 0 spiro atoms. The first-order chi connectivity index (χ1) is 9.70. The average molecular weight is 273 g/mol. The molecule has 0 atom stereocenters. The molecule has 104 valence electrons. The van der Waals surface area contributed by atoms with E-state index in [4.69, 9.17) is 4.42 Å². The lowest BCUT2D eigenvalue weighted by molar-refractivity contribution is -0.384. The fourth-order valence-electron chi connectivity index (χ4n) is 2.76. The highest BCUT2D eigenvalue weighted by atomic mass is 16.6. The van der Waals surface area contributed by atoms with Gasteiger partial charge in [0.05, 0.1) is 4.92 Å². The van der Waals surface area contributed by atoms with Crippen LogP contribution in [0.5, 0.6) is 0 Å². The molecule has 2 aliphatic carbocycles. The van der Waals surface area contributed by atoms with E-state index < -0.39 is 4.92 Å². The lowest BCUT2D eigenvalue weighted by Crippen LogP contribution is -2.24. The first kappa shape index (κ1) is 11.7. The molecule has 6 nitrogen and oxygen atoms in total. The first-order valence-corrected chi connectivity index (χ1v) is 7.02. The SMILES string of the molecule is O=[N+]([O-])c1ccc2oc(NC(C3CC3)C3CC3)nc2c1. The summed E-state index contributed by atoms with van der Waals surface area (Å²) in [7, 11) is 0. The summed E-state index contributed by atoms with van der Waals surface area (Å²) < 4.78 is 5.64. The summed E-state index contributed by atoms with van der Waals surface area (Å²) in [4.78, 5) is 14.7. The van der Waals surface area contributed by atoms with Gasteiger partial charge in [-0.2, -0.15) is 4.98 Å². The van der Waals surface area contributed by atoms with E-state index in [1.807, 2.05) is 0 Å². The van der Waals surface area contributed by atoms with Gasteiger partial charge in [0.15, 0.2) is 5.58 Å². The molecule has 2 aromatic rings. The molecule has 2 aliphatic rings. The van der Waals surface area contributed by atoms with Crippen molar-refractivity contribution in [2.24, 2.45) is 11.8 Å². The van der Waals surface area contributed by atoms with Crippen molar-refractivity contribution in [3.05, 3.63) is 28.3 Å². The third kappa shape index (κ3) is 2.11. The highest BCUT2D eigenvalue weighted by Gasteiger charge is 2.42. The second-order valence-electron chi connectivity index (χ2n) is 5.77. The number of rotatable bonds is 5. The van der Waals surface area contributed by atoms with E-state index in [0.717, 1.165) is 11.8 Å². The Hall–Kier alpha value is -2.11. The third-order valence-electron chi connectivity index (χ3n) is 4.13. The van der Waals surface area contributed by atoms with Gasteiger partial charge in [-0.1, -0.05) is 0 Å². The van der Waals surface area contributed by atoms with Gasteiger partial charge in [0.2, 0.25) is 0 Å². The predicted octanol–water partition coefficient (Wildman–Crippen LogP) is 3.34. The van der Waals surface area contributed by atoms with Crippen molar-refractivity contribution < 1.29 is 9.34 Å². The molecule has 6 heteroatoms. The van der Waals surface area contributed by atoms with Gasteiger partial charge in [-0.25, -0.2) is 0 Å². The quantitative estimate of drug-likeness (QED) is 0.667. The average Bonchev–Trinajstić information content (AvgIpc) is 3.32. The standard InChI is InChI=1S/C14H15N3O3/c18-17(19)10-5-6-12-11(7-10)15-14(20-12)16-13(8-1-2-8)9-3-4-9/h5-9,13H,1-4H2,(H,15,16). The summed E-state index contributed by atoms with van der Waals surface area (Å²) in [6, 6.07) is 5.45. The van der Waals surface area contributed by atoms with Crippen LogP contribution >= 0.6 is 0 Å². The Morgan fingerprint density at radius 3 is 2.60 bits per heavy atom. The van der Waals surface area contributed by atoms with Gasteiger partial charge < -0.3 is 9.73 Å². The van der Waals surface area contributed by atoms with Crippen molar-refractivity contribution in [1.29, 1.82) is 0 Å². The van der Waals surface area contributed by atoms with Gasteiger partial charge in [0.1, 0.15) is 5.52 Å². The second-order valence-corrected chi connectivity index (χ2v) is 5.77. The van der Waals surface area contributed by atoms with Crippen LogP contribution in [0.25, 0.3) is 11.1 Å². The molecule has 0 bridgehead atoms. The zero-order valence-electron chi connectivity index (χ0n) is 10.9. The Kier molecular flexibility index (Phi) is 2.45. The van der Waals surface area contributed by atoms with Crippen LogP contribution < -0.4 is 5.32 Å². The Morgan fingerprint density at radius 2 is 2.00 bits per heavy atom. The number of non-ortho nitro benzene ring substituents is 1. The molecule has 4 rings (SSSR count). The second kappa shape index (κ2) is 4.19.